The van der Waals surface area contributed by atoms with Crippen LogP contribution in [0.5, 0.6) is 5.75 Å². The summed E-state index contributed by atoms with van der Waals surface area (Å²) >= 11 is 0. The second kappa shape index (κ2) is 12.1. The van der Waals surface area contributed by atoms with Gasteiger partial charge in [-0.3, -0.25) is 9.59 Å². The maximum Gasteiger partial charge on any atom is 0.309 e. The van der Waals surface area contributed by atoms with Gasteiger partial charge < -0.3 is 9.84 Å². The maximum atomic E-state index is 12.6. The summed E-state index contributed by atoms with van der Waals surface area (Å²) in [6.07, 6.45) is 9.32. The van der Waals surface area contributed by atoms with Crippen LogP contribution in [0.1, 0.15) is 96.0 Å². The zero-order valence-electron chi connectivity index (χ0n) is 22.0. The Balaban J connectivity index is 1.42. The molecule has 0 saturated heterocycles. The molecule has 0 radical (unpaired) electrons. The number of Topliss-reactive ketones (excluding diaryl/α,β-unsaturated/α-hetero) is 1. The number of unbranched alkanes of at least 4 members (excludes halogenated alkanes) is 1. The van der Waals surface area contributed by atoms with Crippen LogP contribution in [0.2, 0.25) is 0 Å². The van der Waals surface area contributed by atoms with Crippen LogP contribution in [0.15, 0.2) is 48.5 Å². The van der Waals surface area contributed by atoms with Gasteiger partial charge in [0.2, 0.25) is 0 Å². The van der Waals surface area contributed by atoms with Crippen LogP contribution in [-0.2, 0) is 9.59 Å². The molecule has 0 aliphatic heterocycles. The lowest BCUT2D eigenvalue weighted by atomic mass is 9.58. The number of rotatable bonds is 10. The van der Waals surface area contributed by atoms with Crippen molar-refractivity contribution in [3.63, 3.8) is 0 Å². The zero-order valence-corrected chi connectivity index (χ0v) is 22.0. The third-order valence-electron chi connectivity index (χ3n) is 8.91. The largest absolute Gasteiger partial charge is 0.493 e. The molecule has 2 fully saturated rings. The Hall–Kier alpha value is -2.62. The van der Waals surface area contributed by atoms with E-state index < -0.39 is 11.4 Å². The minimum atomic E-state index is -0.653. The smallest absolute Gasteiger partial charge is 0.309 e. The highest BCUT2D eigenvalue weighted by Gasteiger charge is 2.49. The molecule has 4 nitrogen and oxygen atoms in total. The number of benzene rings is 2. The molecule has 194 valence electrons. The summed E-state index contributed by atoms with van der Waals surface area (Å²) < 4.78 is 6.04. The summed E-state index contributed by atoms with van der Waals surface area (Å²) in [7, 11) is 0. The molecular formula is C32H42O4. The minimum Gasteiger partial charge on any atom is -0.493 e. The number of carboxylic acids is 1. The Bertz CT molecular complexity index is 1010. The van der Waals surface area contributed by atoms with E-state index in [1.54, 1.807) is 0 Å². The fourth-order valence-electron chi connectivity index (χ4n) is 6.71. The number of carbonyl (C=O) groups excluding carboxylic acids is 1. The van der Waals surface area contributed by atoms with Gasteiger partial charge in [0.05, 0.1) is 12.0 Å². The average molecular weight is 491 g/mol. The van der Waals surface area contributed by atoms with Gasteiger partial charge in [0.15, 0.2) is 0 Å². The molecule has 0 spiro atoms. The molecule has 2 aromatic carbocycles. The van der Waals surface area contributed by atoms with Gasteiger partial charge in [-0.1, -0.05) is 55.8 Å². The lowest BCUT2D eigenvalue weighted by Gasteiger charge is -2.45. The van der Waals surface area contributed by atoms with Gasteiger partial charge in [0, 0.05) is 17.9 Å². The molecule has 36 heavy (non-hydrogen) atoms. The average Bonchev–Trinajstić information content (AvgIpc) is 2.92. The van der Waals surface area contributed by atoms with E-state index in [-0.39, 0.29) is 11.8 Å². The van der Waals surface area contributed by atoms with Crippen LogP contribution in [0.4, 0.5) is 0 Å². The van der Waals surface area contributed by atoms with E-state index in [0.29, 0.717) is 37.6 Å². The maximum absolute atomic E-state index is 12.6. The van der Waals surface area contributed by atoms with Crippen molar-refractivity contribution in [1.29, 1.82) is 0 Å². The van der Waals surface area contributed by atoms with Crippen LogP contribution in [0.25, 0.3) is 11.1 Å². The van der Waals surface area contributed by atoms with Gasteiger partial charge in [-0.2, -0.15) is 0 Å². The molecule has 4 heteroatoms. The van der Waals surface area contributed by atoms with E-state index in [4.69, 9.17) is 4.74 Å². The molecular weight excluding hydrogens is 448 g/mol. The topological polar surface area (TPSA) is 63.6 Å². The number of carboxylic acid groups (broad SMARTS) is 1. The highest BCUT2D eigenvalue weighted by Crippen LogP contribution is 2.52. The van der Waals surface area contributed by atoms with Crippen molar-refractivity contribution < 1.29 is 19.4 Å². The SMILES string of the molecule is CCCCC(=O)C1CCC(C(=O)O)(C2CCC(c3ccc(-c4ccccc4)c(OCC)c3)CC2)CC1. The molecule has 0 aromatic heterocycles. The van der Waals surface area contributed by atoms with Crippen molar-refractivity contribution >= 4 is 11.8 Å². The fourth-order valence-corrected chi connectivity index (χ4v) is 6.71. The molecule has 2 aromatic rings. The summed E-state index contributed by atoms with van der Waals surface area (Å²) in [5.74, 6) is 1.34. The number of carbonyl (C=O) groups is 2. The van der Waals surface area contributed by atoms with E-state index >= 15 is 0 Å². The second-order valence-electron chi connectivity index (χ2n) is 10.9. The van der Waals surface area contributed by atoms with Gasteiger partial charge in [-0.15, -0.1) is 0 Å². The summed E-state index contributed by atoms with van der Waals surface area (Å²) in [6.45, 7) is 4.75. The molecule has 0 unspecified atom stereocenters. The highest BCUT2D eigenvalue weighted by molar-refractivity contribution is 5.82. The Morgan fingerprint density at radius 3 is 2.25 bits per heavy atom. The van der Waals surface area contributed by atoms with Crippen molar-refractivity contribution in [2.75, 3.05) is 6.61 Å². The van der Waals surface area contributed by atoms with Gasteiger partial charge in [0.25, 0.3) is 0 Å². The van der Waals surface area contributed by atoms with Crippen LogP contribution < -0.4 is 4.74 Å². The van der Waals surface area contributed by atoms with Crippen LogP contribution in [-0.4, -0.2) is 23.5 Å². The van der Waals surface area contributed by atoms with Gasteiger partial charge in [0.1, 0.15) is 11.5 Å². The monoisotopic (exact) mass is 490 g/mol. The molecule has 0 bridgehead atoms. The lowest BCUT2D eigenvalue weighted by Crippen LogP contribution is -2.44. The summed E-state index contributed by atoms with van der Waals surface area (Å²) in [4.78, 5) is 25.1. The second-order valence-corrected chi connectivity index (χ2v) is 10.9. The van der Waals surface area contributed by atoms with E-state index in [9.17, 15) is 14.7 Å². The Morgan fingerprint density at radius 2 is 1.64 bits per heavy atom. The van der Waals surface area contributed by atoms with Crippen molar-refractivity contribution in [2.45, 2.75) is 90.4 Å². The van der Waals surface area contributed by atoms with E-state index in [1.807, 2.05) is 25.1 Å². The third-order valence-corrected chi connectivity index (χ3v) is 8.91. The lowest BCUT2D eigenvalue weighted by molar-refractivity contribution is -0.158. The highest BCUT2D eigenvalue weighted by atomic mass is 16.5. The van der Waals surface area contributed by atoms with E-state index in [0.717, 1.165) is 68.2 Å². The van der Waals surface area contributed by atoms with E-state index in [2.05, 4.69) is 37.3 Å². The van der Waals surface area contributed by atoms with Crippen LogP contribution >= 0.6 is 0 Å². The molecule has 0 amide bonds. The van der Waals surface area contributed by atoms with Crippen molar-refractivity contribution in [2.24, 2.45) is 17.3 Å². The zero-order chi connectivity index (χ0) is 25.5. The molecule has 2 aliphatic carbocycles. The first-order valence-electron chi connectivity index (χ1n) is 14.1. The van der Waals surface area contributed by atoms with Crippen LogP contribution in [0, 0.1) is 17.3 Å². The number of ketones is 1. The predicted molar refractivity (Wildman–Crippen MR) is 144 cm³/mol. The summed E-state index contributed by atoms with van der Waals surface area (Å²) in [5, 5.41) is 10.3. The first kappa shape index (κ1) is 26.4. The number of hydrogen-bond donors (Lipinski definition) is 1. The number of hydrogen-bond acceptors (Lipinski definition) is 3. The van der Waals surface area contributed by atoms with Gasteiger partial charge in [-0.25, -0.2) is 0 Å². The van der Waals surface area contributed by atoms with E-state index in [1.165, 1.54) is 5.56 Å². The minimum absolute atomic E-state index is 0.0699. The number of ether oxygens (including phenoxy) is 1. The Kier molecular flexibility index (Phi) is 8.87. The third kappa shape index (κ3) is 5.68. The Morgan fingerprint density at radius 1 is 0.944 bits per heavy atom. The summed E-state index contributed by atoms with van der Waals surface area (Å²) in [6, 6.07) is 17.0. The predicted octanol–water partition coefficient (Wildman–Crippen LogP) is 8.05. The standard InChI is InChI=1S/C32H42O4/c1-3-5-11-29(33)25-18-20-32(21-19-25,31(34)35)27-15-12-23(13-16-27)26-14-17-28(30(22-26)36-4-2)24-9-7-6-8-10-24/h6-10,14,17,22-23,25,27H,3-5,11-13,15-16,18-21H2,1-2H3,(H,34,35). The quantitative estimate of drug-likeness (QED) is 0.366. The van der Waals surface area contributed by atoms with Crippen molar-refractivity contribution in [3.05, 3.63) is 54.1 Å². The molecule has 0 heterocycles. The molecule has 4 rings (SSSR count). The normalized spacial score (nSPS) is 26.3. The van der Waals surface area contributed by atoms with Crippen molar-refractivity contribution in [1.82, 2.24) is 0 Å². The van der Waals surface area contributed by atoms with Crippen molar-refractivity contribution in [3.8, 4) is 16.9 Å². The molecule has 2 aliphatic rings. The Labute approximate surface area is 216 Å². The van der Waals surface area contributed by atoms with Gasteiger partial charge in [-0.05, 0) is 93.7 Å². The van der Waals surface area contributed by atoms with Crippen LogP contribution in [0.3, 0.4) is 0 Å². The molecule has 1 N–H and O–H groups in total. The first-order chi connectivity index (χ1) is 17.5. The molecule has 2 saturated carbocycles. The number of aliphatic carboxylic acids is 1. The summed E-state index contributed by atoms with van der Waals surface area (Å²) in [5.41, 5.74) is 2.92. The molecule has 0 atom stereocenters. The van der Waals surface area contributed by atoms with Gasteiger partial charge >= 0.3 is 5.97 Å². The fraction of sp³-hybridized carbons (Fsp3) is 0.562. The first-order valence-corrected chi connectivity index (χ1v) is 14.1.